The Balaban J connectivity index is 0.000000399. The third-order valence-electron chi connectivity index (χ3n) is 3.44. The molecule has 25 heavy (non-hydrogen) atoms. The molecule has 0 saturated heterocycles. The van der Waals surface area contributed by atoms with Gasteiger partial charge in [-0.15, -0.1) is 10.2 Å². The molecule has 0 aromatic heterocycles. The van der Waals surface area contributed by atoms with E-state index in [9.17, 15) is 0 Å². The van der Waals surface area contributed by atoms with Crippen LogP contribution in [0, 0.1) is 10.2 Å². The molecule has 0 aliphatic carbocycles. The molecule has 0 unspecified atom stereocenters. The second kappa shape index (κ2) is 9.09. The smallest absolute Gasteiger partial charge is 0.180 e. The number of benzene rings is 2. The predicted molar refractivity (Wildman–Crippen MR) is 89.6 cm³/mol. The molecule has 134 valence electrons. The van der Waals surface area contributed by atoms with Gasteiger partial charge in [0, 0.05) is 6.42 Å². The first kappa shape index (κ1) is 20.3. The van der Waals surface area contributed by atoms with Crippen LogP contribution in [-0.2, 0) is 10.9 Å². The minimum Gasteiger partial charge on any atom is -0.222 e. The van der Waals surface area contributed by atoms with Gasteiger partial charge in [-0.1, -0.05) is 43.0 Å². The van der Waals surface area contributed by atoms with Crippen molar-refractivity contribution in [2.45, 2.75) is 46.3 Å². The van der Waals surface area contributed by atoms with Crippen molar-refractivity contribution >= 4 is 22.7 Å². The summed E-state index contributed by atoms with van der Waals surface area (Å²) in [5, 5.41) is 0. The maximum absolute atomic E-state index is 8.49. The molecule has 0 amide bonds. The minimum absolute atomic E-state index is 0.108. The summed E-state index contributed by atoms with van der Waals surface area (Å²) in [5.74, 6) is 0. The van der Waals surface area contributed by atoms with E-state index in [4.69, 9.17) is 18.6 Å². The highest BCUT2D eigenvalue weighted by Gasteiger charge is 2.38. The first-order chi connectivity index (χ1) is 11.8. The Morgan fingerprint density at radius 1 is 0.960 bits per heavy atom. The molecule has 0 saturated carbocycles. The van der Waals surface area contributed by atoms with Gasteiger partial charge in [-0.25, -0.2) is 18.6 Å². The summed E-state index contributed by atoms with van der Waals surface area (Å²) in [4.78, 5) is 7.41. The van der Waals surface area contributed by atoms with E-state index >= 15 is 0 Å². The zero-order valence-corrected chi connectivity index (χ0v) is 16.3. The fourth-order valence-electron chi connectivity index (χ4n) is 2.54. The topological polar surface area (TPSA) is 92.2 Å². The highest BCUT2D eigenvalue weighted by atomic mass is 35.7. The van der Waals surface area contributed by atoms with Gasteiger partial charge >= 0.3 is 0 Å². The van der Waals surface area contributed by atoms with Crippen LogP contribution >= 0.6 is 11.8 Å². The average Bonchev–Trinajstić information content (AvgIpc) is 2.56. The van der Waals surface area contributed by atoms with Crippen molar-refractivity contribution in [1.29, 1.82) is 0 Å². The molecule has 0 bridgehead atoms. The monoisotopic (exact) mass is 398 g/mol. The first-order valence-corrected chi connectivity index (χ1v) is 11.0. The standard InChI is InChI=1S/C18H19S2.ClHO4/c1-3-9-14(4-2)20-17-12-7-5-10-15(17)19-16-11-6-8-13-18(16)20;2-1(3,4)5/h4-8,10-13H,3,9H2,1-2H3;(H,2,3,4,5)/q+1;/p-1/b14-4+;. The van der Waals surface area contributed by atoms with Crippen molar-refractivity contribution in [3.63, 3.8) is 0 Å². The van der Waals surface area contributed by atoms with Gasteiger partial charge in [0.1, 0.15) is 4.91 Å². The summed E-state index contributed by atoms with van der Waals surface area (Å²) < 4.78 is 34.0. The van der Waals surface area contributed by atoms with Gasteiger partial charge in [0.15, 0.2) is 9.79 Å². The fraction of sp³-hybridized carbons (Fsp3) is 0.222. The van der Waals surface area contributed by atoms with Crippen LogP contribution in [0.2, 0.25) is 0 Å². The summed E-state index contributed by atoms with van der Waals surface area (Å²) in [7, 11) is -4.84. The van der Waals surface area contributed by atoms with Gasteiger partial charge in [-0.2, -0.15) is 0 Å². The van der Waals surface area contributed by atoms with Crippen LogP contribution in [0.25, 0.3) is 0 Å². The summed E-state index contributed by atoms with van der Waals surface area (Å²) in [6.45, 7) is 4.45. The first-order valence-electron chi connectivity index (χ1n) is 7.72. The molecule has 0 N–H and O–H groups in total. The largest absolute Gasteiger partial charge is 0.222 e. The second-order valence-electron chi connectivity index (χ2n) is 5.18. The molecule has 1 heterocycles. The molecular formula is C18H19ClO4S2. The highest BCUT2D eigenvalue weighted by Crippen LogP contribution is 2.48. The van der Waals surface area contributed by atoms with Crippen LogP contribution in [-0.4, -0.2) is 0 Å². The minimum atomic E-state index is -4.94. The molecule has 3 rings (SSSR count). The molecule has 4 nitrogen and oxygen atoms in total. The van der Waals surface area contributed by atoms with Crippen LogP contribution in [0.3, 0.4) is 0 Å². The molecular weight excluding hydrogens is 380 g/mol. The maximum atomic E-state index is 8.49. The van der Waals surface area contributed by atoms with Crippen molar-refractivity contribution in [2.75, 3.05) is 0 Å². The molecule has 0 radical (unpaired) electrons. The van der Waals surface area contributed by atoms with E-state index in [1.807, 2.05) is 11.8 Å². The van der Waals surface area contributed by atoms with E-state index in [0.29, 0.717) is 0 Å². The molecule has 0 atom stereocenters. The quantitative estimate of drug-likeness (QED) is 0.723. The summed E-state index contributed by atoms with van der Waals surface area (Å²) >= 11 is 1.91. The fourth-order valence-corrected chi connectivity index (χ4v) is 6.57. The molecule has 7 heteroatoms. The van der Waals surface area contributed by atoms with E-state index in [1.165, 1.54) is 32.4 Å². The van der Waals surface area contributed by atoms with Gasteiger partial charge < -0.3 is 0 Å². The highest BCUT2D eigenvalue weighted by molar-refractivity contribution is 8.05. The number of rotatable bonds is 3. The van der Waals surface area contributed by atoms with Crippen molar-refractivity contribution in [3.8, 4) is 0 Å². The van der Waals surface area contributed by atoms with E-state index in [2.05, 4.69) is 68.5 Å². The summed E-state index contributed by atoms with van der Waals surface area (Å²) in [6.07, 6.45) is 4.73. The van der Waals surface area contributed by atoms with E-state index in [1.54, 1.807) is 4.91 Å². The van der Waals surface area contributed by atoms with Crippen molar-refractivity contribution < 1.29 is 28.9 Å². The lowest BCUT2D eigenvalue weighted by Crippen LogP contribution is -2.68. The van der Waals surface area contributed by atoms with E-state index in [-0.39, 0.29) is 10.9 Å². The van der Waals surface area contributed by atoms with Crippen molar-refractivity contribution in [2.24, 2.45) is 0 Å². The maximum Gasteiger partial charge on any atom is 0.180 e. The molecule has 2 aromatic carbocycles. The molecule has 2 aromatic rings. The molecule has 0 fully saturated rings. The van der Waals surface area contributed by atoms with Crippen LogP contribution in [0.1, 0.15) is 26.7 Å². The Bertz CT molecular complexity index is 692. The van der Waals surface area contributed by atoms with Gasteiger partial charge in [0.05, 0.1) is 20.7 Å². The van der Waals surface area contributed by atoms with E-state index in [0.717, 1.165) is 0 Å². The Morgan fingerprint density at radius 2 is 1.40 bits per heavy atom. The van der Waals surface area contributed by atoms with Crippen LogP contribution in [0.5, 0.6) is 0 Å². The molecule has 1 aliphatic rings. The number of hydrogen-bond acceptors (Lipinski definition) is 5. The molecule has 1 aliphatic heterocycles. The lowest BCUT2D eigenvalue weighted by molar-refractivity contribution is -2.00. The Kier molecular flexibility index (Phi) is 7.39. The third-order valence-corrected chi connectivity index (χ3v) is 7.40. The zero-order chi connectivity index (χ0) is 18.4. The Labute approximate surface area is 157 Å². The third kappa shape index (κ3) is 5.76. The summed E-state index contributed by atoms with van der Waals surface area (Å²) in [5.41, 5.74) is 0. The number of halogens is 1. The number of allylic oxidation sites excluding steroid dienone is 2. The number of hydrogen-bond donors (Lipinski definition) is 0. The van der Waals surface area contributed by atoms with Gasteiger partial charge in [-0.3, -0.25) is 0 Å². The van der Waals surface area contributed by atoms with E-state index < -0.39 is 10.2 Å². The lowest BCUT2D eigenvalue weighted by Gasteiger charge is -2.20. The average molecular weight is 399 g/mol. The van der Waals surface area contributed by atoms with Crippen molar-refractivity contribution in [1.82, 2.24) is 0 Å². The van der Waals surface area contributed by atoms with Crippen LogP contribution in [0.4, 0.5) is 0 Å². The normalized spacial score (nSPS) is 14.2. The van der Waals surface area contributed by atoms with Crippen LogP contribution in [0.15, 0.2) is 79.1 Å². The Morgan fingerprint density at radius 3 is 1.80 bits per heavy atom. The van der Waals surface area contributed by atoms with Gasteiger partial charge in [-0.05, 0) is 43.7 Å². The van der Waals surface area contributed by atoms with Gasteiger partial charge in [0.2, 0.25) is 0 Å². The molecule has 0 spiro atoms. The second-order valence-corrected chi connectivity index (χ2v) is 9.04. The number of fused-ring (bicyclic) bond motifs is 2. The SMILES string of the molecule is C/C=C(\CCC)[S+]1c2ccccc2Sc2ccccc21.[O-][Cl+3]([O-])([O-])[O-]. The van der Waals surface area contributed by atoms with Crippen LogP contribution < -0.4 is 18.6 Å². The predicted octanol–water partition coefficient (Wildman–Crippen LogP) is 1.14. The van der Waals surface area contributed by atoms with Crippen molar-refractivity contribution in [3.05, 3.63) is 59.5 Å². The zero-order valence-electron chi connectivity index (χ0n) is 13.9. The van der Waals surface area contributed by atoms with Gasteiger partial charge in [0.25, 0.3) is 0 Å². The Hall–Kier alpha value is -0.990. The lowest BCUT2D eigenvalue weighted by atomic mass is 10.3. The summed E-state index contributed by atoms with van der Waals surface area (Å²) in [6, 6.07) is 17.8.